The van der Waals surface area contributed by atoms with Crippen LogP contribution in [-0.2, 0) is 0 Å². The van der Waals surface area contributed by atoms with E-state index in [0.717, 1.165) is 6.54 Å². The van der Waals surface area contributed by atoms with E-state index in [2.05, 4.69) is 30.9 Å². The van der Waals surface area contributed by atoms with Crippen molar-refractivity contribution in [3.8, 4) is 0 Å². The second-order valence-corrected chi connectivity index (χ2v) is 4.69. The lowest BCUT2D eigenvalue weighted by Crippen LogP contribution is -2.34. The first-order valence-corrected chi connectivity index (χ1v) is 5.90. The van der Waals surface area contributed by atoms with Gasteiger partial charge in [0.1, 0.15) is 0 Å². The van der Waals surface area contributed by atoms with Gasteiger partial charge < -0.3 is 0 Å². The van der Waals surface area contributed by atoms with E-state index >= 15 is 0 Å². The lowest BCUT2D eigenvalue weighted by atomic mass is 9.98. The molecule has 0 fully saturated rings. The lowest BCUT2D eigenvalue weighted by Gasteiger charge is -2.30. The second kappa shape index (κ2) is 4.31. The molecule has 0 aromatic carbocycles. The highest BCUT2D eigenvalue weighted by Crippen LogP contribution is 2.28. The molecule has 78 valence electrons. The minimum atomic E-state index is 0.699. The molecule has 0 saturated heterocycles. The Morgan fingerprint density at radius 2 is 1.93 bits per heavy atom. The summed E-state index contributed by atoms with van der Waals surface area (Å²) in [5.74, 6) is 0. The van der Waals surface area contributed by atoms with Crippen LogP contribution in [0, 0.1) is 0 Å². The first kappa shape index (κ1) is 9.97. The van der Waals surface area contributed by atoms with Crippen LogP contribution in [0.15, 0.2) is 23.3 Å². The van der Waals surface area contributed by atoms with Gasteiger partial charge in [-0.25, -0.2) is 0 Å². The Morgan fingerprint density at radius 1 is 1.14 bits per heavy atom. The number of rotatable bonds is 2. The molecule has 1 heteroatoms. The summed E-state index contributed by atoms with van der Waals surface area (Å²) in [6, 6.07) is 0.699. The summed E-state index contributed by atoms with van der Waals surface area (Å²) in [5.41, 5.74) is 3.29. The summed E-state index contributed by atoms with van der Waals surface area (Å²) in [7, 11) is 0. The van der Waals surface area contributed by atoms with E-state index in [1.165, 1.54) is 32.2 Å². The number of hydrogen-bond donors (Lipinski definition) is 0. The molecule has 0 radical (unpaired) electrons. The normalized spacial score (nSPS) is 23.9. The van der Waals surface area contributed by atoms with Crippen molar-refractivity contribution >= 4 is 0 Å². The Labute approximate surface area is 87.5 Å². The average molecular weight is 191 g/mol. The molecule has 2 rings (SSSR count). The summed E-state index contributed by atoms with van der Waals surface area (Å²) in [6.45, 7) is 6.98. The molecule has 1 aliphatic heterocycles. The predicted molar refractivity (Wildman–Crippen MR) is 61.3 cm³/mol. The molecular formula is C13H21N. The van der Waals surface area contributed by atoms with Crippen LogP contribution >= 0.6 is 0 Å². The quantitative estimate of drug-likeness (QED) is 0.648. The van der Waals surface area contributed by atoms with Gasteiger partial charge in [0, 0.05) is 19.1 Å². The Kier molecular flexibility index (Phi) is 3.07. The van der Waals surface area contributed by atoms with Crippen molar-refractivity contribution in [1.29, 1.82) is 0 Å². The highest BCUT2D eigenvalue weighted by atomic mass is 15.1. The van der Waals surface area contributed by atoms with E-state index in [1.54, 1.807) is 11.1 Å². The highest BCUT2D eigenvalue weighted by Gasteiger charge is 2.17. The van der Waals surface area contributed by atoms with Gasteiger partial charge in [-0.1, -0.05) is 12.2 Å². The second-order valence-electron chi connectivity index (χ2n) is 4.69. The van der Waals surface area contributed by atoms with Gasteiger partial charge in [0.15, 0.2) is 0 Å². The molecule has 1 nitrogen and oxygen atoms in total. The van der Waals surface area contributed by atoms with Crippen molar-refractivity contribution in [2.75, 3.05) is 13.1 Å². The fraction of sp³-hybridized carbons (Fsp3) is 0.692. The fourth-order valence-electron chi connectivity index (χ4n) is 2.41. The molecular weight excluding hydrogens is 170 g/mol. The maximum atomic E-state index is 2.54. The van der Waals surface area contributed by atoms with Crippen molar-refractivity contribution in [1.82, 2.24) is 4.90 Å². The van der Waals surface area contributed by atoms with E-state index in [0.29, 0.717) is 6.04 Å². The van der Waals surface area contributed by atoms with Gasteiger partial charge in [0.25, 0.3) is 0 Å². The van der Waals surface area contributed by atoms with E-state index in [-0.39, 0.29) is 0 Å². The van der Waals surface area contributed by atoms with Crippen molar-refractivity contribution in [2.24, 2.45) is 0 Å². The Bertz CT molecular complexity index is 260. The average Bonchev–Trinajstić information content (AvgIpc) is 2.71. The van der Waals surface area contributed by atoms with Gasteiger partial charge in [0.2, 0.25) is 0 Å². The van der Waals surface area contributed by atoms with Crippen molar-refractivity contribution < 1.29 is 0 Å². The molecule has 0 aromatic rings. The molecule has 0 atom stereocenters. The number of hydrogen-bond acceptors (Lipinski definition) is 1. The monoisotopic (exact) mass is 191 g/mol. The SMILES string of the molecule is CC(C)N1CC=C(C2=CCCC2)CC1. The van der Waals surface area contributed by atoms with Gasteiger partial charge in [0.05, 0.1) is 0 Å². The van der Waals surface area contributed by atoms with Gasteiger partial charge in [-0.2, -0.15) is 0 Å². The molecule has 0 saturated carbocycles. The van der Waals surface area contributed by atoms with Gasteiger partial charge in [-0.3, -0.25) is 4.90 Å². The first-order valence-electron chi connectivity index (χ1n) is 5.90. The summed E-state index contributed by atoms with van der Waals surface area (Å²) in [4.78, 5) is 2.54. The van der Waals surface area contributed by atoms with Crippen LogP contribution < -0.4 is 0 Å². The predicted octanol–water partition coefficient (Wildman–Crippen LogP) is 3.14. The third-order valence-corrected chi connectivity index (χ3v) is 3.42. The minimum absolute atomic E-state index is 0.699. The zero-order valence-electron chi connectivity index (χ0n) is 9.42. The van der Waals surface area contributed by atoms with Crippen LogP contribution in [0.25, 0.3) is 0 Å². The van der Waals surface area contributed by atoms with E-state index in [1.807, 2.05) is 0 Å². The minimum Gasteiger partial charge on any atom is -0.297 e. The smallest absolute Gasteiger partial charge is 0.0171 e. The molecule has 0 amide bonds. The zero-order valence-corrected chi connectivity index (χ0v) is 9.42. The van der Waals surface area contributed by atoms with Crippen LogP contribution in [-0.4, -0.2) is 24.0 Å². The molecule has 0 spiro atoms. The summed E-state index contributed by atoms with van der Waals surface area (Å²) < 4.78 is 0. The van der Waals surface area contributed by atoms with Crippen LogP contribution in [0.4, 0.5) is 0 Å². The molecule has 0 aromatic heterocycles. The molecule has 0 N–H and O–H groups in total. The van der Waals surface area contributed by atoms with Crippen molar-refractivity contribution in [3.05, 3.63) is 23.3 Å². The molecule has 0 bridgehead atoms. The summed E-state index contributed by atoms with van der Waals surface area (Å²) >= 11 is 0. The van der Waals surface area contributed by atoms with E-state index in [9.17, 15) is 0 Å². The number of allylic oxidation sites excluding steroid dienone is 2. The van der Waals surface area contributed by atoms with Crippen LogP contribution in [0.3, 0.4) is 0 Å². The molecule has 1 aliphatic carbocycles. The van der Waals surface area contributed by atoms with Gasteiger partial charge >= 0.3 is 0 Å². The molecule has 0 unspecified atom stereocenters. The third-order valence-electron chi connectivity index (χ3n) is 3.42. The molecule has 14 heavy (non-hydrogen) atoms. The van der Waals surface area contributed by atoms with Crippen molar-refractivity contribution in [3.63, 3.8) is 0 Å². The van der Waals surface area contributed by atoms with Gasteiger partial charge in [-0.05, 0) is 50.7 Å². The van der Waals surface area contributed by atoms with Gasteiger partial charge in [-0.15, -0.1) is 0 Å². The summed E-state index contributed by atoms with van der Waals surface area (Å²) in [6.07, 6.45) is 10.2. The number of nitrogens with zero attached hydrogens (tertiary/aromatic N) is 1. The maximum absolute atomic E-state index is 2.54. The zero-order chi connectivity index (χ0) is 9.97. The Morgan fingerprint density at radius 3 is 2.43 bits per heavy atom. The lowest BCUT2D eigenvalue weighted by molar-refractivity contribution is 0.239. The highest BCUT2D eigenvalue weighted by molar-refractivity contribution is 5.34. The maximum Gasteiger partial charge on any atom is 0.0171 e. The molecule has 1 heterocycles. The van der Waals surface area contributed by atoms with Crippen LogP contribution in [0.2, 0.25) is 0 Å². The Balaban J connectivity index is 1.97. The standard InChI is InChI=1S/C13H21N/c1-11(2)14-9-7-13(8-10-14)12-5-3-4-6-12/h5,7,11H,3-4,6,8-10H2,1-2H3. The largest absolute Gasteiger partial charge is 0.297 e. The van der Waals surface area contributed by atoms with E-state index < -0.39 is 0 Å². The van der Waals surface area contributed by atoms with Crippen LogP contribution in [0.1, 0.15) is 39.5 Å². The third kappa shape index (κ3) is 2.09. The summed E-state index contributed by atoms with van der Waals surface area (Å²) in [5, 5.41) is 0. The Hall–Kier alpha value is -0.560. The fourth-order valence-corrected chi connectivity index (χ4v) is 2.41. The van der Waals surface area contributed by atoms with Crippen LogP contribution in [0.5, 0.6) is 0 Å². The van der Waals surface area contributed by atoms with Crippen molar-refractivity contribution in [2.45, 2.75) is 45.6 Å². The molecule has 2 aliphatic rings. The first-order chi connectivity index (χ1) is 6.77. The van der Waals surface area contributed by atoms with E-state index in [4.69, 9.17) is 0 Å². The topological polar surface area (TPSA) is 3.24 Å².